The predicted octanol–water partition coefficient (Wildman–Crippen LogP) is 5.13. The third-order valence-electron chi connectivity index (χ3n) is 4.49. The molecule has 4 rings (SSSR count). The number of carbonyl (C=O) groups excluding carboxylic acids is 1. The van der Waals surface area contributed by atoms with Crippen molar-refractivity contribution in [1.82, 2.24) is 14.8 Å². The molecule has 6 nitrogen and oxygen atoms in total. The highest BCUT2D eigenvalue weighted by atomic mass is 35.5. The highest BCUT2D eigenvalue weighted by Gasteiger charge is 2.29. The molecule has 1 unspecified atom stereocenters. The smallest absolute Gasteiger partial charge is 0.250 e. The average Bonchev–Trinajstić information content (AvgIpc) is 3.10. The van der Waals surface area contributed by atoms with E-state index in [1.807, 2.05) is 12.1 Å². The van der Waals surface area contributed by atoms with Crippen LogP contribution >= 0.6 is 23.2 Å². The number of hydrogen-bond donors (Lipinski definition) is 2. The lowest BCUT2D eigenvalue weighted by Gasteiger charge is -2.25. The van der Waals surface area contributed by atoms with Gasteiger partial charge in [-0.25, -0.2) is 9.07 Å². The van der Waals surface area contributed by atoms with E-state index in [2.05, 4.69) is 20.7 Å². The summed E-state index contributed by atoms with van der Waals surface area (Å²) in [5, 5.41) is 11.0. The first-order valence-corrected chi connectivity index (χ1v) is 9.67. The molecule has 0 saturated carbocycles. The van der Waals surface area contributed by atoms with Crippen LogP contribution in [0.1, 0.15) is 30.5 Å². The van der Waals surface area contributed by atoms with E-state index >= 15 is 0 Å². The topological polar surface area (TPSA) is 71.8 Å². The van der Waals surface area contributed by atoms with Crippen molar-refractivity contribution >= 4 is 46.7 Å². The summed E-state index contributed by atoms with van der Waals surface area (Å²) in [4.78, 5) is 16.1. The van der Waals surface area contributed by atoms with Crippen LogP contribution in [0.3, 0.4) is 0 Å². The first kappa shape index (κ1) is 19.4. The highest BCUT2D eigenvalue weighted by molar-refractivity contribution is 6.31. The number of carbonyl (C=O) groups is 1. The first-order valence-electron chi connectivity index (χ1n) is 8.91. The van der Waals surface area contributed by atoms with Gasteiger partial charge in [0.2, 0.25) is 11.9 Å². The van der Waals surface area contributed by atoms with Crippen LogP contribution in [0.4, 0.5) is 16.3 Å². The lowest BCUT2D eigenvalue weighted by atomic mass is 10.0. The van der Waals surface area contributed by atoms with Gasteiger partial charge in [0.25, 0.3) is 5.95 Å². The number of halogens is 3. The number of amides is 1. The molecule has 29 heavy (non-hydrogen) atoms. The Kier molecular flexibility index (Phi) is 5.25. The molecule has 0 aliphatic carbocycles. The van der Waals surface area contributed by atoms with Crippen molar-refractivity contribution in [3.05, 3.63) is 75.5 Å². The Morgan fingerprint density at radius 1 is 1.24 bits per heavy atom. The minimum atomic E-state index is -0.662. The van der Waals surface area contributed by atoms with E-state index in [9.17, 15) is 9.18 Å². The normalized spacial score (nSPS) is 15.3. The van der Waals surface area contributed by atoms with E-state index in [4.69, 9.17) is 23.2 Å². The third-order valence-corrected chi connectivity index (χ3v) is 5.07. The molecular weight excluding hydrogens is 416 g/mol. The minimum Gasteiger partial charge on any atom is -0.324 e. The zero-order valence-corrected chi connectivity index (χ0v) is 16.8. The number of fused-ring (bicyclic) bond motifs is 1. The molecule has 0 bridgehead atoms. The van der Waals surface area contributed by atoms with Gasteiger partial charge in [0.1, 0.15) is 11.9 Å². The van der Waals surface area contributed by atoms with E-state index in [1.165, 1.54) is 10.7 Å². The van der Waals surface area contributed by atoms with Crippen LogP contribution in [0.15, 0.2) is 48.5 Å². The van der Waals surface area contributed by atoms with Gasteiger partial charge in [-0.2, -0.15) is 4.98 Å². The fourth-order valence-corrected chi connectivity index (χ4v) is 3.46. The lowest BCUT2D eigenvalue weighted by molar-refractivity contribution is -0.115. The van der Waals surface area contributed by atoms with Crippen molar-refractivity contribution in [1.29, 1.82) is 0 Å². The summed E-state index contributed by atoms with van der Waals surface area (Å²) in [6.45, 7) is 1.73. The lowest BCUT2D eigenvalue weighted by Crippen LogP contribution is -2.21. The third kappa shape index (κ3) is 3.83. The van der Waals surface area contributed by atoms with Crippen molar-refractivity contribution in [2.24, 2.45) is 0 Å². The molecule has 0 spiro atoms. The monoisotopic (exact) mass is 431 g/mol. The molecule has 0 saturated heterocycles. The van der Waals surface area contributed by atoms with E-state index in [-0.39, 0.29) is 28.9 Å². The second-order valence-electron chi connectivity index (χ2n) is 6.40. The fraction of sp³-hybridized carbons (Fsp3) is 0.150. The number of rotatable bonds is 4. The van der Waals surface area contributed by atoms with Crippen LogP contribution in [0.5, 0.6) is 0 Å². The van der Waals surface area contributed by atoms with Gasteiger partial charge in [0.05, 0.1) is 0 Å². The molecule has 0 fully saturated rings. The summed E-state index contributed by atoms with van der Waals surface area (Å²) in [6, 6.07) is 11.0. The van der Waals surface area contributed by atoms with Crippen LogP contribution < -0.4 is 10.6 Å². The van der Waals surface area contributed by atoms with Crippen molar-refractivity contribution in [2.75, 3.05) is 10.6 Å². The molecule has 1 atom stereocenters. The summed E-state index contributed by atoms with van der Waals surface area (Å²) in [5.74, 6) is -0.202. The van der Waals surface area contributed by atoms with Gasteiger partial charge in [0, 0.05) is 27.7 Å². The average molecular weight is 432 g/mol. The summed E-state index contributed by atoms with van der Waals surface area (Å²) >= 11 is 12.3. The summed E-state index contributed by atoms with van der Waals surface area (Å²) in [6.07, 6.45) is 2.09. The number of hydrogen-bond acceptors (Lipinski definition) is 4. The Bertz CT molecular complexity index is 1090. The van der Waals surface area contributed by atoms with Crippen LogP contribution in [-0.2, 0) is 4.79 Å². The molecule has 148 valence electrons. The van der Waals surface area contributed by atoms with Crippen molar-refractivity contribution in [3.63, 3.8) is 0 Å². The van der Waals surface area contributed by atoms with Crippen molar-refractivity contribution in [3.8, 4) is 0 Å². The number of aromatic nitrogens is 3. The second kappa shape index (κ2) is 7.85. The Morgan fingerprint density at radius 3 is 2.69 bits per heavy atom. The maximum atomic E-state index is 14.7. The number of benzene rings is 2. The molecule has 1 aliphatic heterocycles. The number of allylic oxidation sites excluding steroid dienone is 1. The summed E-state index contributed by atoms with van der Waals surface area (Å²) < 4.78 is 16.2. The van der Waals surface area contributed by atoms with Gasteiger partial charge in [-0.1, -0.05) is 48.3 Å². The highest BCUT2D eigenvalue weighted by Crippen LogP contribution is 2.37. The molecule has 0 radical (unpaired) electrons. The van der Waals surface area contributed by atoms with Crippen LogP contribution in [-0.4, -0.2) is 20.7 Å². The molecule has 2 heterocycles. The van der Waals surface area contributed by atoms with Gasteiger partial charge < -0.3 is 5.32 Å². The van der Waals surface area contributed by atoms with Crippen LogP contribution in [0.2, 0.25) is 10.0 Å². The van der Waals surface area contributed by atoms with Crippen molar-refractivity contribution in [2.45, 2.75) is 19.4 Å². The van der Waals surface area contributed by atoms with Crippen LogP contribution in [0, 0.1) is 5.82 Å². The predicted molar refractivity (Wildman–Crippen MR) is 112 cm³/mol. The first-order chi connectivity index (χ1) is 14.0. The standard InChI is InChI=1S/C20H16Cl2FN5O/c1-2-17(29)25-19-26-20-24-15(11-6-8-12(21)9-7-11)10-16(28(20)27-19)18-13(22)4-3-5-14(18)23/h3-10,16H,2H2,1H3,(H2,24,25,26,27,29). The quantitative estimate of drug-likeness (QED) is 0.600. The van der Waals surface area contributed by atoms with Gasteiger partial charge >= 0.3 is 0 Å². The molecule has 1 aliphatic rings. The van der Waals surface area contributed by atoms with Gasteiger partial charge in [-0.05, 0) is 35.9 Å². The molecule has 2 aromatic carbocycles. The van der Waals surface area contributed by atoms with E-state index in [0.717, 1.165) is 5.56 Å². The SMILES string of the molecule is CCC(=O)Nc1nc2n(n1)C(c1c(F)cccc1Cl)C=C(c1ccc(Cl)cc1)N2. The zero-order valence-electron chi connectivity index (χ0n) is 15.3. The minimum absolute atomic E-state index is 0.127. The van der Waals surface area contributed by atoms with E-state index in [0.29, 0.717) is 16.7 Å². The Balaban J connectivity index is 1.83. The largest absolute Gasteiger partial charge is 0.324 e. The number of nitrogens with zero attached hydrogens (tertiary/aromatic N) is 3. The Hall–Kier alpha value is -2.90. The Labute approximate surface area is 176 Å². The maximum absolute atomic E-state index is 14.7. The van der Waals surface area contributed by atoms with Crippen LogP contribution in [0.25, 0.3) is 5.70 Å². The summed E-state index contributed by atoms with van der Waals surface area (Å²) in [5.41, 5.74) is 1.79. The van der Waals surface area contributed by atoms with Gasteiger partial charge in [0.15, 0.2) is 0 Å². The van der Waals surface area contributed by atoms with E-state index < -0.39 is 11.9 Å². The molecule has 2 N–H and O–H groups in total. The summed E-state index contributed by atoms with van der Waals surface area (Å²) in [7, 11) is 0. The maximum Gasteiger partial charge on any atom is 0.250 e. The second-order valence-corrected chi connectivity index (χ2v) is 7.24. The molecule has 9 heteroatoms. The Morgan fingerprint density at radius 2 is 2.00 bits per heavy atom. The number of anilines is 2. The fourth-order valence-electron chi connectivity index (χ4n) is 3.06. The van der Waals surface area contributed by atoms with Gasteiger partial charge in [-0.3, -0.25) is 10.1 Å². The number of nitrogens with one attached hydrogen (secondary N) is 2. The zero-order chi connectivity index (χ0) is 20.5. The van der Waals surface area contributed by atoms with E-state index in [1.54, 1.807) is 37.3 Å². The molecule has 1 aromatic heterocycles. The molecule has 1 amide bonds. The van der Waals surface area contributed by atoms with Gasteiger partial charge in [-0.15, -0.1) is 5.10 Å². The molecular formula is C20H16Cl2FN5O. The molecule has 3 aromatic rings. The van der Waals surface area contributed by atoms with Crippen molar-refractivity contribution < 1.29 is 9.18 Å².